The number of likely N-dealkylation sites (N-methyl/N-ethyl adjacent to an activating group) is 1. The van der Waals surface area contributed by atoms with Crippen molar-refractivity contribution in [3.63, 3.8) is 0 Å². The van der Waals surface area contributed by atoms with Gasteiger partial charge in [-0.05, 0) is 25.4 Å². The fraction of sp³-hybridized carbons (Fsp3) is 1.00. The quantitative estimate of drug-likeness (QED) is 0.737. The van der Waals surface area contributed by atoms with Crippen molar-refractivity contribution in [2.45, 2.75) is 27.2 Å². The second-order valence-electron chi connectivity index (χ2n) is 5.52. The van der Waals surface area contributed by atoms with E-state index in [1.807, 2.05) is 0 Å². The summed E-state index contributed by atoms with van der Waals surface area (Å²) < 4.78 is 0. The predicted molar refractivity (Wildman–Crippen MR) is 70.9 cm³/mol. The van der Waals surface area contributed by atoms with Crippen LogP contribution in [0.1, 0.15) is 27.2 Å². The molecule has 0 spiro atoms. The van der Waals surface area contributed by atoms with Crippen molar-refractivity contribution >= 4 is 0 Å². The molecule has 0 bridgehead atoms. The lowest BCUT2D eigenvalue weighted by molar-refractivity contribution is 0.100. The second kappa shape index (κ2) is 6.58. The van der Waals surface area contributed by atoms with E-state index in [1.54, 1.807) is 0 Å². The Morgan fingerprint density at radius 3 is 2.25 bits per heavy atom. The van der Waals surface area contributed by atoms with E-state index in [-0.39, 0.29) is 0 Å². The van der Waals surface area contributed by atoms with Gasteiger partial charge in [-0.2, -0.15) is 0 Å². The van der Waals surface area contributed by atoms with Gasteiger partial charge >= 0.3 is 0 Å². The number of piperazine rings is 1. The Labute approximate surface area is 101 Å². The number of nitrogens with one attached hydrogen (secondary N) is 1. The Kier molecular flexibility index (Phi) is 5.73. The molecule has 1 saturated heterocycles. The highest BCUT2D eigenvalue weighted by Crippen LogP contribution is 2.22. The zero-order chi connectivity index (χ0) is 12.0. The van der Waals surface area contributed by atoms with Crippen LogP contribution in [0.3, 0.4) is 0 Å². The molecule has 0 aromatic carbocycles. The maximum atomic E-state index is 3.50. The van der Waals surface area contributed by atoms with Gasteiger partial charge in [0.25, 0.3) is 0 Å². The maximum absolute atomic E-state index is 3.50. The lowest BCUT2D eigenvalue weighted by Crippen LogP contribution is -2.49. The zero-order valence-electron chi connectivity index (χ0n) is 11.6. The van der Waals surface area contributed by atoms with Crippen LogP contribution in [0.15, 0.2) is 0 Å². The molecule has 0 aromatic rings. The van der Waals surface area contributed by atoms with Crippen LogP contribution in [-0.4, -0.2) is 62.7 Å². The largest absolute Gasteiger partial charge is 0.316 e. The average molecular weight is 227 g/mol. The number of rotatable bonds is 6. The molecule has 1 aliphatic rings. The second-order valence-corrected chi connectivity index (χ2v) is 5.52. The highest BCUT2D eigenvalue weighted by Gasteiger charge is 2.26. The van der Waals surface area contributed by atoms with Crippen LogP contribution in [-0.2, 0) is 0 Å². The molecule has 1 aliphatic heterocycles. The van der Waals surface area contributed by atoms with Crippen LogP contribution in [0, 0.1) is 5.41 Å². The van der Waals surface area contributed by atoms with E-state index in [2.05, 4.69) is 42.9 Å². The molecule has 0 saturated carbocycles. The summed E-state index contributed by atoms with van der Waals surface area (Å²) in [4.78, 5) is 5.05. The van der Waals surface area contributed by atoms with Gasteiger partial charge in [-0.15, -0.1) is 0 Å². The fourth-order valence-corrected chi connectivity index (χ4v) is 2.27. The lowest BCUT2D eigenvalue weighted by Gasteiger charge is -2.39. The van der Waals surface area contributed by atoms with Crippen LogP contribution >= 0.6 is 0 Å². The van der Waals surface area contributed by atoms with E-state index in [9.17, 15) is 0 Å². The first-order valence-corrected chi connectivity index (χ1v) is 6.71. The first kappa shape index (κ1) is 13.9. The Bertz CT molecular complexity index is 188. The first-order valence-electron chi connectivity index (χ1n) is 6.71. The summed E-state index contributed by atoms with van der Waals surface area (Å²) in [5.74, 6) is 0. The zero-order valence-corrected chi connectivity index (χ0v) is 11.6. The Balaban J connectivity index is 2.36. The van der Waals surface area contributed by atoms with Crippen LogP contribution in [0.4, 0.5) is 0 Å². The predicted octanol–water partition coefficient (Wildman–Crippen LogP) is 1.26. The van der Waals surface area contributed by atoms with Crippen molar-refractivity contribution in [2.75, 3.05) is 52.9 Å². The summed E-state index contributed by atoms with van der Waals surface area (Å²) in [6.45, 7) is 15.3. The van der Waals surface area contributed by atoms with Gasteiger partial charge in [-0.1, -0.05) is 20.8 Å². The standard InChI is InChI=1S/C13H29N3/c1-5-13(3,11-14-6-2)12-16-9-7-15(4)8-10-16/h14H,5-12H2,1-4H3. The van der Waals surface area contributed by atoms with Gasteiger partial charge in [0, 0.05) is 39.3 Å². The lowest BCUT2D eigenvalue weighted by atomic mass is 9.86. The SMILES string of the molecule is CCNCC(C)(CC)CN1CCN(C)CC1. The van der Waals surface area contributed by atoms with E-state index in [4.69, 9.17) is 0 Å². The van der Waals surface area contributed by atoms with E-state index >= 15 is 0 Å². The van der Waals surface area contributed by atoms with E-state index in [0.717, 1.165) is 13.1 Å². The number of nitrogens with zero attached hydrogens (tertiary/aromatic N) is 2. The minimum Gasteiger partial charge on any atom is -0.316 e. The Morgan fingerprint density at radius 2 is 1.75 bits per heavy atom. The van der Waals surface area contributed by atoms with Gasteiger partial charge in [-0.3, -0.25) is 0 Å². The summed E-state index contributed by atoms with van der Waals surface area (Å²) in [5, 5.41) is 3.50. The van der Waals surface area contributed by atoms with Gasteiger partial charge in [0.05, 0.1) is 0 Å². The van der Waals surface area contributed by atoms with Gasteiger partial charge in [0.1, 0.15) is 0 Å². The molecule has 1 heterocycles. The van der Waals surface area contributed by atoms with Gasteiger partial charge in [-0.25, -0.2) is 0 Å². The van der Waals surface area contributed by atoms with Gasteiger partial charge in [0.2, 0.25) is 0 Å². The van der Waals surface area contributed by atoms with Crippen molar-refractivity contribution in [3.05, 3.63) is 0 Å². The van der Waals surface area contributed by atoms with Crippen LogP contribution in [0.2, 0.25) is 0 Å². The molecule has 0 aromatic heterocycles. The third kappa shape index (κ3) is 4.40. The third-order valence-corrected chi connectivity index (χ3v) is 3.86. The maximum Gasteiger partial charge on any atom is 0.0110 e. The molecule has 3 heteroatoms. The summed E-state index contributed by atoms with van der Waals surface area (Å²) in [5.41, 5.74) is 0.436. The smallest absolute Gasteiger partial charge is 0.0110 e. The minimum absolute atomic E-state index is 0.436. The summed E-state index contributed by atoms with van der Waals surface area (Å²) in [7, 11) is 2.22. The summed E-state index contributed by atoms with van der Waals surface area (Å²) >= 11 is 0. The third-order valence-electron chi connectivity index (χ3n) is 3.86. The highest BCUT2D eigenvalue weighted by molar-refractivity contribution is 4.81. The topological polar surface area (TPSA) is 18.5 Å². The first-order chi connectivity index (χ1) is 7.59. The van der Waals surface area contributed by atoms with Crippen molar-refractivity contribution in [1.29, 1.82) is 0 Å². The number of hydrogen-bond acceptors (Lipinski definition) is 3. The van der Waals surface area contributed by atoms with Crippen molar-refractivity contribution < 1.29 is 0 Å². The van der Waals surface area contributed by atoms with Crippen LogP contribution < -0.4 is 5.32 Å². The monoisotopic (exact) mass is 227 g/mol. The van der Waals surface area contributed by atoms with Crippen molar-refractivity contribution in [1.82, 2.24) is 15.1 Å². The fourth-order valence-electron chi connectivity index (χ4n) is 2.27. The average Bonchev–Trinajstić information content (AvgIpc) is 2.30. The molecule has 1 atom stereocenters. The van der Waals surface area contributed by atoms with Gasteiger partial charge < -0.3 is 15.1 Å². The molecule has 3 nitrogen and oxygen atoms in total. The molecule has 0 radical (unpaired) electrons. The van der Waals surface area contributed by atoms with Crippen LogP contribution in [0.5, 0.6) is 0 Å². The highest BCUT2D eigenvalue weighted by atomic mass is 15.2. The van der Waals surface area contributed by atoms with E-state index in [0.29, 0.717) is 5.41 Å². The molecule has 96 valence electrons. The molecular weight excluding hydrogens is 198 g/mol. The molecule has 1 fully saturated rings. The Morgan fingerprint density at radius 1 is 1.12 bits per heavy atom. The van der Waals surface area contributed by atoms with E-state index in [1.165, 1.54) is 39.1 Å². The molecule has 1 N–H and O–H groups in total. The summed E-state index contributed by atoms with van der Waals surface area (Å²) in [6.07, 6.45) is 1.26. The van der Waals surface area contributed by atoms with Crippen LogP contribution in [0.25, 0.3) is 0 Å². The molecular formula is C13H29N3. The van der Waals surface area contributed by atoms with Crippen molar-refractivity contribution in [3.8, 4) is 0 Å². The minimum atomic E-state index is 0.436. The Hall–Kier alpha value is -0.120. The molecule has 1 rings (SSSR count). The summed E-state index contributed by atoms with van der Waals surface area (Å²) in [6, 6.07) is 0. The van der Waals surface area contributed by atoms with Crippen molar-refractivity contribution in [2.24, 2.45) is 5.41 Å². The molecule has 0 aliphatic carbocycles. The molecule has 16 heavy (non-hydrogen) atoms. The number of hydrogen-bond donors (Lipinski definition) is 1. The normalized spacial score (nSPS) is 23.2. The van der Waals surface area contributed by atoms with E-state index < -0.39 is 0 Å². The van der Waals surface area contributed by atoms with Gasteiger partial charge in [0.15, 0.2) is 0 Å². The molecule has 1 unspecified atom stereocenters. The molecule has 0 amide bonds.